The Morgan fingerprint density at radius 3 is 2.75 bits per heavy atom. The molecule has 1 saturated heterocycles. The molecule has 1 aliphatic rings. The number of aromatic carboxylic acids is 1. The molecule has 1 aliphatic heterocycles. The molecule has 0 saturated carbocycles. The highest BCUT2D eigenvalue weighted by Crippen LogP contribution is 2.30. The van der Waals surface area contributed by atoms with E-state index in [1.807, 2.05) is 0 Å². The predicted octanol–water partition coefficient (Wildman–Crippen LogP) is 0.837. The van der Waals surface area contributed by atoms with Crippen molar-refractivity contribution in [1.82, 2.24) is 5.32 Å². The lowest BCUT2D eigenvalue weighted by molar-refractivity contribution is -0.133. The summed E-state index contributed by atoms with van der Waals surface area (Å²) in [5.74, 6) is -2.07. The Hall–Kier alpha value is -2.28. The number of piperidine rings is 1. The number of imide groups is 1. The fourth-order valence-electron chi connectivity index (χ4n) is 1.95. The van der Waals surface area contributed by atoms with Crippen molar-refractivity contribution in [3.63, 3.8) is 0 Å². The zero-order chi connectivity index (χ0) is 14.9. The number of carboxylic acids is 1. The minimum absolute atomic E-state index is 0.104. The minimum Gasteiger partial charge on any atom is -0.478 e. The molecule has 2 rings (SSSR count). The Kier molecular flexibility index (Phi) is 3.80. The van der Waals surface area contributed by atoms with Crippen LogP contribution < -0.4 is 16.4 Å². The third-order valence-electron chi connectivity index (χ3n) is 2.90. The number of rotatable bonds is 3. The Bertz CT molecular complexity index is 603. The SMILES string of the molecule is Nc1cc(Cl)c(NC2CCC(=O)NC2=O)c(C(=O)O)c1. The lowest BCUT2D eigenvalue weighted by Gasteiger charge is -2.24. The van der Waals surface area contributed by atoms with E-state index in [2.05, 4.69) is 10.6 Å². The summed E-state index contributed by atoms with van der Waals surface area (Å²) in [7, 11) is 0. The summed E-state index contributed by atoms with van der Waals surface area (Å²) in [6, 6.07) is 1.93. The second kappa shape index (κ2) is 5.38. The number of carbonyl (C=O) groups excluding carboxylic acids is 2. The first-order chi connectivity index (χ1) is 9.38. The van der Waals surface area contributed by atoms with Gasteiger partial charge in [0.05, 0.1) is 16.3 Å². The number of hydrogen-bond donors (Lipinski definition) is 4. The Labute approximate surface area is 119 Å². The van der Waals surface area contributed by atoms with Crippen molar-refractivity contribution in [2.45, 2.75) is 18.9 Å². The number of anilines is 2. The number of benzene rings is 1. The zero-order valence-electron chi connectivity index (χ0n) is 10.3. The number of halogens is 1. The largest absolute Gasteiger partial charge is 0.478 e. The smallest absolute Gasteiger partial charge is 0.337 e. The number of amides is 2. The van der Waals surface area contributed by atoms with Gasteiger partial charge in [-0.15, -0.1) is 0 Å². The van der Waals surface area contributed by atoms with E-state index in [1.54, 1.807) is 0 Å². The van der Waals surface area contributed by atoms with Crippen LogP contribution >= 0.6 is 11.6 Å². The lowest BCUT2D eigenvalue weighted by Crippen LogP contribution is -2.47. The van der Waals surface area contributed by atoms with Gasteiger partial charge in [-0.05, 0) is 18.6 Å². The van der Waals surface area contributed by atoms with E-state index in [0.29, 0.717) is 0 Å². The van der Waals surface area contributed by atoms with Crippen LogP contribution in [0.2, 0.25) is 5.02 Å². The number of nitrogens with two attached hydrogens (primary N) is 1. The lowest BCUT2D eigenvalue weighted by atomic mass is 10.0. The Morgan fingerprint density at radius 1 is 1.45 bits per heavy atom. The molecule has 1 fully saturated rings. The van der Waals surface area contributed by atoms with Crippen LogP contribution in [-0.2, 0) is 9.59 Å². The standard InChI is InChI=1S/C12H12ClN3O4/c13-7-4-5(14)3-6(12(19)20)10(7)15-8-1-2-9(17)16-11(8)18/h3-4,8,15H,1-2,14H2,(H,19,20)(H,16,17,18). The maximum absolute atomic E-state index is 11.7. The van der Waals surface area contributed by atoms with Crippen LogP contribution in [0.25, 0.3) is 0 Å². The quantitative estimate of drug-likeness (QED) is 0.484. The molecular formula is C12H12ClN3O4. The first kappa shape index (κ1) is 14.1. The molecule has 1 unspecified atom stereocenters. The number of hydrogen-bond acceptors (Lipinski definition) is 5. The van der Waals surface area contributed by atoms with Crippen LogP contribution in [0, 0.1) is 0 Å². The van der Waals surface area contributed by atoms with Gasteiger partial charge in [0.15, 0.2) is 0 Å². The maximum Gasteiger partial charge on any atom is 0.337 e. The zero-order valence-corrected chi connectivity index (χ0v) is 11.0. The molecule has 0 spiro atoms. The number of carbonyl (C=O) groups is 3. The predicted molar refractivity (Wildman–Crippen MR) is 72.6 cm³/mol. The molecule has 20 heavy (non-hydrogen) atoms. The fraction of sp³-hybridized carbons (Fsp3) is 0.250. The van der Waals surface area contributed by atoms with E-state index in [9.17, 15) is 14.4 Å². The third kappa shape index (κ3) is 2.83. The van der Waals surface area contributed by atoms with Crippen molar-refractivity contribution in [2.24, 2.45) is 0 Å². The van der Waals surface area contributed by atoms with Crippen molar-refractivity contribution in [3.05, 3.63) is 22.7 Å². The molecule has 0 aromatic heterocycles. The van der Waals surface area contributed by atoms with Gasteiger partial charge in [0.25, 0.3) is 0 Å². The maximum atomic E-state index is 11.7. The summed E-state index contributed by atoms with van der Waals surface area (Å²) in [5.41, 5.74) is 5.74. The molecule has 106 valence electrons. The van der Waals surface area contributed by atoms with Gasteiger partial charge in [0, 0.05) is 12.1 Å². The summed E-state index contributed by atoms with van der Waals surface area (Å²) in [6.07, 6.45) is 0.447. The summed E-state index contributed by atoms with van der Waals surface area (Å²) in [5, 5.41) is 14.2. The Morgan fingerprint density at radius 2 is 2.15 bits per heavy atom. The normalized spacial score (nSPS) is 18.6. The van der Waals surface area contributed by atoms with E-state index in [4.69, 9.17) is 22.4 Å². The van der Waals surface area contributed by atoms with E-state index in [-0.39, 0.29) is 40.7 Å². The van der Waals surface area contributed by atoms with Crippen LogP contribution in [0.15, 0.2) is 12.1 Å². The van der Waals surface area contributed by atoms with Crippen molar-refractivity contribution in [1.29, 1.82) is 0 Å². The molecule has 1 aromatic carbocycles. The minimum atomic E-state index is -1.21. The highest BCUT2D eigenvalue weighted by molar-refractivity contribution is 6.34. The van der Waals surface area contributed by atoms with Crippen molar-refractivity contribution < 1.29 is 19.5 Å². The number of carboxylic acid groups (broad SMARTS) is 1. The molecule has 1 heterocycles. The van der Waals surface area contributed by atoms with Gasteiger partial charge in [-0.2, -0.15) is 0 Å². The van der Waals surface area contributed by atoms with Crippen molar-refractivity contribution in [3.8, 4) is 0 Å². The molecule has 1 aromatic rings. The summed E-state index contributed by atoms with van der Waals surface area (Å²) >= 11 is 5.97. The van der Waals surface area contributed by atoms with Gasteiger partial charge in [-0.3, -0.25) is 14.9 Å². The van der Waals surface area contributed by atoms with E-state index in [1.165, 1.54) is 12.1 Å². The van der Waals surface area contributed by atoms with E-state index >= 15 is 0 Å². The molecular weight excluding hydrogens is 286 g/mol. The van der Waals surface area contributed by atoms with Crippen molar-refractivity contribution >= 4 is 40.8 Å². The van der Waals surface area contributed by atoms with Gasteiger partial charge in [-0.25, -0.2) is 4.79 Å². The van der Waals surface area contributed by atoms with E-state index in [0.717, 1.165) is 0 Å². The summed E-state index contributed by atoms with van der Waals surface area (Å²) in [6.45, 7) is 0. The highest BCUT2D eigenvalue weighted by Gasteiger charge is 2.28. The van der Waals surface area contributed by atoms with Crippen molar-refractivity contribution in [2.75, 3.05) is 11.1 Å². The molecule has 1 atom stereocenters. The third-order valence-corrected chi connectivity index (χ3v) is 3.20. The van der Waals surface area contributed by atoms with Gasteiger partial charge in [0.1, 0.15) is 6.04 Å². The monoisotopic (exact) mass is 297 g/mol. The summed E-state index contributed by atoms with van der Waals surface area (Å²) < 4.78 is 0. The first-order valence-corrected chi connectivity index (χ1v) is 6.19. The van der Waals surface area contributed by atoms with Crippen LogP contribution in [0.1, 0.15) is 23.2 Å². The fourth-order valence-corrected chi connectivity index (χ4v) is 2.23. The highest BCUT2D eigenvalue weighted by atomic mass is 35.5. The van der Waals surface area contributed by atoms with Crippen LogP contribution in [0.4, 0.5) is 11.4 Å². The molecule has 5 N–H and O–H groups in total. The van der Waals surface area contributed by atoms with Crippen LogP contribution in [0.3, 0.4) is 0 Å². The molecule has 0 radical (unpaired) electrons. The van der Waals surface area contributed by atoms with Crippen LogP contribution in [0.5, 0.6) is 0 Å². The molecule has 2 amide bonds. The molecule has 0 aliphatic carbocycles. The topological polar surface area (TPSA) is 122 Å². The van der Waals surface area contributed by atoms with E-state index < -0.39 is 17.9 Å². The van der Waals surface area contributed by atoms with Gasteiger partial charge in [-0.1, -0.05) is 11.6 Å². The first-order valence-electron chi connectivity index (χ1n) is 5.81. The van der Waals surface area contributed by atoms with Gasteiger partial charge in [0.2, 0.25) is 11.8 Å². The average molecular weight is 298 g/mol. The number of nitrogen functional groups attached to an aromatic ring is 1. The van der Waals surface area contributed by atoms with Gasteiger partial charge >= 0.3 is 5.97 Å². The van der Waals surface area contributed by atoms with Gasteiger partial charge < -0.3 is 16.2 Å². The van der Waals surface area contributed by atoms with Crippen LogP contribution in [-0.4, -0.2) is 28.9 Å². The molecule has 8 heteroatoms. The Balaban J connectivity index is 2.31. The second-order valence-corrected chi connectivity index (χ2v) is 4.79. The average Bonchev–Trinajstić information content (AvgIpc) is 2.34. The molecule has 7 nitrogen and oxygen atoms in total. The number of nitrogens with one attached hydrogen (secondary N) is 2. The second-order valence-electron chi connectivity index (χ2n) is 4.38. The summed E-state index contributed by atoms with van der Waals surface area (Å²) in [4.78, 5) is 33.9. The molecule has 0 bridgehead atoms.